The number of aromatic amines is 2. The number of aromatic nitrogens is 12. The Morgan fingerprint density at radius 3 is 1.52 bits per heavy atom. The van der Waals surface area contributed by atoms with Crippen LogP contribution in [0.1, 0.15) is 46.8 Å². The molecule has 328 valence electrons. The second-order valence-corrected chi connectivity index (χ2v) is 13.6. The van der Waals surface area contributed by atoms with Crippen molar-refractivity contribution in [3.05, 3.63) is 169 Å². The van der Waals surface area contributed by atoms with Gasteiger partial charge in [-0.2, -0.15) is 0 Å². The highest BCUT2D eigenvalue weighted by atomic mass is 35.5. The van der Waals surface area contributed by atoms with Crippen LogP contribution in [0.3, 0.4) is 0 Å². The molecular formula is C40H34BClF4N12O6. The Bertz CT molecular complexity index is 2870. The van der Waals surface area contributed by atoms with Gasteiger partial charge in [0.2, 0.25) is 22.9 Å². The van der Waals surface area contributed by atoms with Crippen LogP contribution in [0, 0.1) is 13.8 Å². The van der Waals surface area contributed by atoms with Crippen LogP contribution in [0.15, 0.2) is 119 Å². The SMILES string of the molecule is Cc1nnn(-c2ccc(C(F)F)cc2)c1COc1ccc(-c2cc[nH]c(=O)c2)nn1.Cc1nnn(-c2ccc(C(F)F)cc2)c1COc1ccc(Cl)nn1.O=c1cc(B(O)O)cc[nH]1. The van der Waals surface area contributed by atoms with E-state index in [1.807, 2.05) is 0 Å². The summed E-state index contributed by atoms with van der Waals surface area (Å²) in [6, 6.07) is 23.8. The molecule has 0 bridgehead atoms. The lowest BCUT2D eigenvalue weighted by Crippen LogP contribution is -2.32. The molecule has 0 aliphatic heterocycles. The van der Waals surface area contributed by atoms with Gasteiger partial charge in [-0.1, -0.05) is 46.3 Å². The molecule has 4 N–H and O–H groups in total. The van der Waals surface area contributed by atoms with Crippen LogP contribution >= 0.6 is 11.6 Å². The predicted octanol–water partition coefficient (Wildman–Crippen LogP) is 4.83. The van der Waals surface area contributed by atoms with Crippen LogP contribution in [-0.4, -0.2) is 77.5 Å². The van der Waals surface area contributed by atoms with Crippen molar-refractivity contribution in [1.82, 2.24) is 60.4 Å². The smallest absolute Gasteiger partial charge is 0.470 e. The van der Waals surface area contributed by atoms with Crippen molar-refractivity contribution in [2.45, 2.75) is 39.9 Å². The number of hydrogen-bond donors (Lipinski definition) is 4. The molecule has 0 fully saturated rings. The molecule has 0 unspecified atom stereocenters. The minimum atomic E-state index is -2.53. The van der Waals surface area contributed by atoms with Gasteiger partial charge in [0.15, 0.2) is 5.15 Å². The Hall–Kier alpha value is -7.63. The molecule has 8 aromatic rings. The first-order chi connectivity index (χ1) is 30.7. The summed E-state index contributed by atoms with van der Waals surface area (Å²) >= 11 is 5.67. The molecular weight excluding hydrogens is 867 g/mol. The molecule has 0 aliphatic carbocycles. The summed E-state index contributed by atoms with van der Waals surface area (Å²) in [5.74, 6) is 0.586. The van der Waals surface area contributed by atoms with E-state index >= 15 is 0 Å². The highest BCUT2D eigenvalue weighted by molar-refractivity contribution is 6.58. The van der Waals surface area contributed by atoms with Gasteiger partial charge in [-0.05, 0) is 67.8 Å². The van der Waals surface area contributed by atoms with Gasteiger partial charge in [0, 0.05) is 53.3 Å². The summed E-state index contributed by atoms with van der Waals surface area (Å²) in [6.07, 6.45) is -2.15. The van der Waals surface area contributed by atoms with Gasteiger partial charge in [-0.3, -0.25) is 9.59 Å². The first kappa shape index (κ1) is 45.9. The van der Waals surface area contributed by atoms with Gasteiger partial charge in [0.05, 0.1) is 28.5 Å². The standard InChI is InChI=1S/C20H16F2N6O2.C15H12ClF2N5O.C5H6BNO3/c1-12-17(28(27-24-12)15-4-2-13(3-5-15)20(21)22)11-30-19-7-6-16(25-26-19)14-8-9-23-18(29)10-14;1-9-12(8-24-14-7-6-13(16)20-21-14)23(22-19-9)11-4-2-10(3-5-11)15(17)18;8-5-3-4(6(9)10)1-2-7-5/h2-10,20H,11H2,1H3,(H,23,29);2-7,15H,8H2,1H3;1-3,9-10H,(H,7,8). The molecule has 6 heterocycles. The first-order valence-corrected chi connectivity index (χ1v) is 19.0. The maximum Gasteiger partial charge on any atom is 0.488 e. The second kappa shape index (κ2) is 21.4. The van der Waals surface area contributed by atoms with E-state index < -0.39 is 20.0 Å². The zero-order chi connectivity index (χ0) is 45.8. The number of halogens is 5. The number of hydrogen-bond acceptors (Lipinski definition) is 14. The van der Waals surface area contributed by atoms with Gasteiger partial charge in [-0.25, -0.2) is 26.9 Å². The molecule has 2 aromatic carbocycles. The quantitative estimate of drug-likeness (QED) is 0.0950. The van der Waals surface area contributed by atoms with Gasteiger partial charge in [0.1, 0.15) is 24.6 Å². The molecule has 18 nitrogen and oxygen atoms in total. The Kier molecular flexibility index (Phi) is 15.4. The van der Waals surface area contributed by atoms with Crippen LogP contribution < -0.4 is 26.1 Å². The number of H-pyrrole nitrogens is 2. The topological polar surface area (TPSA) is 238 Å². The number of ether oxygens (including phenoxy) is 2. The average Bonchev–Trinajstić information content (AvgIpc) is 3.86. The highest BCUT2D eigenvalue weighted by Crippen LogP contribution is 2.24. The van der Waals surface area contributed by atoms with Crippen LogP contribution in [0.25, 0.3) is 22.6 Å². The van der Waals surface area contributed by atoms with Crippen molar-refractivity contribution in [2.75, 3.05) is 0 Å². The van der Waals surface area contributed by atoms with E-state index in [0.29, 0.717) is 51.3 Å². The maximum atomic E-state index is 12.8. The lowest BCUT2D eigenvalue weighted by Gasteiger charge is -2.09. The molecule has 0 saturated heterocycles. The largest absolute Gasteiger partial charge is 0.488 e. The first-order valence-electron chi connectivity index (χ1n) is 18.7. The van der Waals surface area contributed by atoms with Gasteiger partial charge in [0.25, 0.3) is 12.9 Å². The van der Waals surface area contributed by atoms with Crippen LogP contribution in [-0.2, 0) is 13.2 Å². The highest BCUT2D eigenvalue weighted by Gasteiger charge is 2.16. The molecule has 0 spiro atoms. The molecule has 0 aliphatic rings. The molecule has 0 radical (unpaired) electrons. The van der Waals surface area contributed by atoms with Crippen molar-refractivity contribution < 1.29 is 37.1 Å². The third-order valence-corrected chi connectivity index (χ3v) is 9.03. The summed E-state index contributed by atoms with van der Waals surface area (Å²) in [5.41, 5.74) is 4.53. The van der Waals surface area contributed by atoms with E-state index in [1.54, 1.807) is 68.4 Å². The normalized spacial score (nSPS) is 10.8. The Morgan fingerprint density at radius 1 is 0.625 bits per heavy atom. The summed E-state index contributed by atoms with van der Waals surface area (Å²) < 4.78 is 65.1. The Labute approximate surface area is 364 Å². The summed E-state index contributed by atoms with van der Waals surface area (Å²) in [6.45, 7) is 3.81. The number of benzene rings is 2. The van der Waals surface area contributed by atoms with Gasteiger partial charge < -0.3 is 29.5 Å². The molecule has 64 heavy (non-hydrogen) atoms. The zero-order valence-electron chi connectivity index (χ0n) is 33.4. The predicted molar refractivity (Wildman–Crippen MR) is 223 cm³/mol. The Balaban J connectivity index is 0.000000178. The maximum absolute atomic E-state index is 12.8. The van der Waals surface area contributed by atoms with Crippen molar-refractivity contribution in [3.8, 4) is 34.4 Å². The zero-order valence-corrected chi connectivity index (χ0v) is 34.2. The Morgan fingerprint density at radius 2 is 1.11 bits per heavy atom. The lowest BCUT2D eigenvalue weighted by atomic mass is 9.81. The molecule has 6 aromatic heterocycles. The van der Waals surface area contributed by atoms with Gasteiger partial charge >= 0.3 is 7.12 Å². The fraction of sp³-hybridized carbons (Fsp3) is 0.150. The average molecular weight is 901 g/mol. The molecule has 0 atom stereocenters. The molecule has 0 amide bonds. The fourth-order valence-electron chi connectivity index (χ4n) is 5.46. The fourth-order valence-corrected chi connectivity index (χ4v) is 5.56. The molecule has 0 saturated carbocycles. The number of aryl methyl sites for hydroxylation is 2. The third kappa shape index (κ3) is 12.3. The summed E-state index contributed by atoms with van der Waals surface area (Å²) in [4.78, 5) is 26.8. The number of rotatable bonds is 12. The van der Waals surface area contributed by atoms with Crippen molar-refractivity contribution in [2.24, 2.45) is 0 Å². The van der Waals surface area contributed by atoms with Gasteiger partial charge in [-0.15, -0.1) is 30.6 Å². The number of nitrogens with one attached hydrogen (secondary N) is 2. The van der Waals surface area contributed by atoms with E-state index in [2.05, 4.69) is 51.0 Å². The van der Waals surface area contributed by atoms with Crippen LogP contribution in [0.5, 0.6) is 11.8 Å². The summed E-state index contributed by atoms with van der Waals surface area (Å²) in [7, 11) is -1.57. The minimum absolute atomic E-state index is 0.0511. The number of alkyl halides is 4. The molecule has 8 rings (SSSR count). The molecule has 24 heteroatoms. The van der Waals surface area contributed by atoms with E-state index in [1.165, 1.54) is 58.2 Å². The number of nitrogens with zero attached hydrogens (tertiary/aromatic N) is 10. The van der Waals surface area contributed by atoms with Crippen LogP contribution in [0.4, 0.5) is 17.6 Å². The van der Waals surface area contributed by atoms with E-state index in [-0.39, 0.29) is 52.0 Å². The number of pyridine rings is 2. The monoisotopic (exact) mass is 900 g/mol. The van der Waals surface area contributed by atoms with E-state index in [4.69, 9.17) is 31.1 Å². The lowest BCUT2D eigenvalue weighted by molar-refractivity contribution is 0.151. The second-order valence-electron chi connectivity index (χ2n) is 13.2. The van der Waals surface area contributed by atoms with Crippen LogP contribution in [0.2, 0.25) is 5.15 Å². The summed E-state index contributed by atoms with van der Waals surface area (Å²) in [5, 5.41) is 49.1. The third-order valence-electron chi connectivity index (χ3n) is 8.82. The van der Waals surface area contributed by atoms with Crippen molar-refractivity contribution in [1.29, 1.82) is 0 Å². The van der Waals surface area contributed by atoms with Crippen molar-refractivity contribution in [3.63, 3.8) is 0 Å². The minimum Gasteiger partial charge on any atom is -0.470 e. The van der Waals surface area contributed by atoms with E-state index in [0.717, 1.165) is 6.07 Å². The van der Waals surface area contributed by atoms with E-state index in [9.17, 15) is 27.2 Å². The van der Waals surface area contributed by atoms with Crippen molar-refractivity contribution >= 4 is 24.2 Å².